The molecule has 2 saturated carbocycles. The van der Waals surface area contributed by atoms with E-state index in [2.05, 4.69) is 59.8 Å². The highest BCUT2D eigenvalue weighted by atomic mass is 16.6. The summed E-state index contributed by atoms with van der Waals surface area (Å²) >= 11 is 0. The van der Waals surface area contributed by atoms with E-state index in [1.54, 1.807) is 6.26 Å². The Bertz CT molecular complexity index is 1520. The molecule has 0 bridgehead atoms. The number of ether oxygens (including phenoxy) is 3. The van der Waals surface area contributed by atoms with E-state index in [9.17, 15) is 14.4 Å². The van der Waals surface area contributed by atoms with E-state index >= 15 is 0 Å². The van der Waals surface area contributed by atoms with Crippen molar-refractivity contribution >= 4 is 17.9 Å². The average molecular weight is 689 g/mol. The first-order valence-corrected chi connectivity index (χ1v) is 19.4. The van der Waals surface area contributed by atoms with Crippen molar-refractivity contribution in [2.75, 3.05) is 19.8 Å². The molecule has 7 nitrogen and oxygen atoms in total. The van der Waals surface area contributed by atoms with Gasteiger partial charge in [-0.2, -0.15) is 0 Å². The summed E-state index contributed by atoms with van der Waals surface area (Å²) in [6.07, 6.45) is 22.0. The van der Waals surface area contributed by atoms with Gasteiger partial charge in [-0.25, -0.2) is 4.79 Å². The second-order valence-corrected chi connectivity index (χ2v) is 17.4. The fraction of sp³-hybridized carbons (Fsp3) is 0.698. The van der Waals surface area contributed by atoms with Crippen molar-refractivity contribution < 1.29 is 33.0 Å². The zero-order chi connectivity index (χ0) is 35.7. The first-order valence-electron chi connectivity index (χ1n) is 19.4. The molecule has 6 rings (SSSR count). The number of esters is 3. The van der Waals surface area contributed by atoms with Gasteiger partial charge in [0.05, 0.1) is 12.5 Å². The Kier molecular flexibility index (Phi) is 10.6. The topological polar surface area (TPSA) is 92.0 Å². The Morgan fingerprint density at radius 2 is 1.32 bits per heavy atom. The zero-order valence-corrected chi connectivity index (χ0v) is 31.4. The molecule has 0 aromatic carbocycles. The third-order valence-corrected chi connectivity index (χ3v) is 15.1. The van der Waals surface area contributed by atoms with Gasteiger partial charge in [0.25, 0.3) is 0 Å². The van der Waals surface area contributed by atoms with Gasteiger partial charge < -0.3 is 18.6 Å². The van der Waals surface area contributed by atoms with Crippen LogP contribution < -0.4 is 0 Å². The van der Waals surface area contributed by atoms with Crippen LogP contribution in [0, 0.1) is 45.3 Å². The fourth-order valence-corrected chi connectivity index (χ4v) is 11.2. The SMILES string of the molecule is CC1CCC2(C)C(COC(=O)CC(=O)OCC3=CCCC4C3(C)CCC(C)C4(C)CCc3ccoc3)=CCCC2C1(C)CCC1=CCOC1=O. The summed E-state index contributed by atoms with van der Waals surface area (Å²) in [7, 11) is 0. The smallest absolute Gasteiger partial charge is 0.334 e. The summed E-state index contributed by atoms with van der Waals surface area (Å²) in [6, 6.07) is 2.07. The monoisotopic (exact) mass is 688 g/mol. The average Bonchev–Trinajstić information content (AvgIpc) is 3.77. The number of cyclic esters (lactones) is 1. The highest BCUT2D eigenvalue weighted by Gasteiger charge is 2.55. The minimum atomic E-state index is -0.528. The van der Waals surface area contributed by atoms with Crippen molar-refractivity contribution in [3.05, 3.63) is 59.1 Å². The maximum Gasteiger partial charge on any atom is 0.334 e. The van der Waals surface area contributed by atoms with Crippen LogP contribution in [0.3, 0.4) is 0 Å². The van der Waals surface area contributed by atoms with Gasteiger partial charge in [-0.15, -0.1) is 0 Å². The van der Waals surface area contributed by atoms with Crippen LogP contribution >= 0.6 is 0 Å². The van der Waals surface area contributed by atoms with Crippen LogP contribution in [-0.2, 0) is 35.0 Å². The Morgan fingerprint density at radius 1 is 0.780 bits per heavy atom. The summed E-state index contributed by atoms with van der Waals surface area (Å²) in [5.41, 5.74) is 4.55. The van der Waals surface area contributed by atoms with Crippen LogP contribution in [0.5, 0.6) is 0 Å². The lowest BCUT2D eigenvalue weighted by atomic mass is 9.47. The summed E-state index contributed by atoms with van der Waals surface area (Å²) in [6.45, 7) is 15.2. The third-order valence-electron chi connectivity index (χ3n) is 15.1. The number of fused-ring (bicyclic) bond motifs is 2. The maximum absolute atomic E-state index is 13.0. The molecule has 0 amide bonds. The number of rotatable bonds is 12. The van der Waals surface area contributed by atoms with Gasteiger partial charge >= 0.3 is 17.9 Å². The van der Waals surface area contributed by atoms with Crippen molar-refractivity contribution in [3.8, 4) is 0 Å². The van der Waals surface area contributed by atoms with Crippen molar-refractivity contribution in [1.29, 1.82) is 0 Å². The largest absolute Gasteiger partial charge is 0.472 e. The normalized spacial score (nSPS) is 36.7. The summed E-state index contributed by atoms with van der Waals surface area (Å²) in [4.78, 5) is 38.2. The highest BCUT2D eigenvalue weighted by molar-refractivity contribution is 5.91. The standard InChI is InChI=1S/C43H60O7/c1-29-13-19-42(5)33(9-7-11-35(42)40(29,3)21-15-31-17-23-47-26-31)27-49-37(44)25-38(45)50-28-34-10-8-12-36-41(4,30(2)14-20-43(34,36)6)22-16-32-18-24-48-39(32)46/h9-10,17-18,23,26,29-30,35-36H,7-8,11-16,19-22,24-25,27-28H2,1-6H3. The fourth-order valence-electron chi connectivity index (χ4n) is 11.2. The lowest BCUT2D eigenvalue weighted by Gasteiger charge is -2.58. The second-order valence-electron chi connectivity index (χ2n) is 17.4. The van der Waals surface area contributed by atoms with E-state index in [4.69, 9.17) is 18.6 Å². The van der Waals surface area contributed by atoms with E-state index in [0.717, 1.165) is 82.6 Å². The molecule has 0 radical (unpaired) electrons. The highest BCUT2D eigenvalue weighted by Crippen LogP contribution is 2.63. The van der Waals surface area contributed by atoms with Gasteiger partial charge in [0.1, 0.15) is 26.2 Å². The van der Waals surface area contributed by atoms with Crippen LogP contribution in [0.15, 0.2) is 58.0 Å². The minimum absolute atomic E-state index is 0.0283. The quantitative estimate of drug-likeness (QED) is 0.0935. The van der Waals surface area contributed by atoms with Crippen LogP contribution in [0.4, 0.5) is 0 Å². The van der Waals surface area contributed by atoms with E-state index in [1.165, 1.54) is 16.7 Å². The van der Waals surface area contributed by atoms with E-state index in [-0.39, 0.29) is 47.3 Å². The van der Waals surface area contributed by atoms with Crippen molar-refractivity contribution in [1.82, 2.24) is 0 Å². The molecular formula is C43H60O7. The van der Waals surface area contributed by atoms with E-state index < -0.39 is 11.9 Å². The van der Waals surface area contributed by atoms with Gasteiger partial charge in [-0.1, -0.05) is 53.7 Å². The molecule has 1 aromatic heterocycles. The van der Waals surface area contributed by atoms with E-state index in [1.807, 2.05) is 12.3 Å². The minimum Gasteiger partial charge on any atom is -0.472 e. The molecule has 0 N–H and O–H groups in total. The maximum atomic E-state index is 13.0. The predicted octanol–water partition coefficient (Wildman–Crippen LogP) is 9.51. The number of hydrogen-bond acceptors (Lipinski definition) is 7. The number of allylic oxidation sites excluding steroid dienone is 2. The Balaban J connectivity index is 1.02. The molecule has 7 heteroatoms. The number of carbonyl (C=O) groups excluding carboxylic acids is 3. The molecule has 5 aliphatic rings. The van der Waals surface area contributed by atoms with Crippen molar-refractivity contribution in [3.63, 3.8) is 0 Å². The first kappa shape index (κ1) is 36.7. The number of hydrogen-bond donors (Lipinski definition) is 0. The number of carbonyl (C=O) groups is 3. The first-order chi connectivity index (χ1) is 23.8. The molecule has 0 spiro atoms. The molecule has 274 valence electrons. The van der Waals surface area contributed by atoms with Gasteiger partial charge in [0.15, 0.2) is 0 Å². The molecule has 4 aliphatic carbocycles. The summed E-state index contributed by atoms with van der Waals surface area (Å²) < 4.78 is 22.1. The van der Waals surface area contributed by atoms with Crippen LogP contribution in [-0.4, -0.2) is 37.7 Å². The molecule has 0 saturated heterocycles. The molecule has 8 atom stereocenters. The predicted molar refractivity (Wildman–Crippen MR) is 193 cm³/mol. The van der Waals surface area contributed by atoms with Crippen molar-refractivity contribution in [2.45, 2.75) is 125 Å². The van der Waals surface area contributed by atoms with Crippen LogP contribution in [0.2, 0.25) is 0 Å². The summed E-state index contributed by atoms with van der Waals surface area (Å²) in [5, 5.41) is 0. The zero-order valence-electron chi connectivity index (χ0n) is 31.4. The van der Waals surface area contributed by atoms with Gasteiger partial charge in [-0.3, -0.25) is 9.59 Å². The number of furan rings is 1. The Labute approximate surface area is 299 Å². The second kappa shape index (κ2) is 14.5. The van der Waals surface area contributed by atoms with E-state index in [0.29, 0.717) is 30.3 Å². The summed E-state index contributed by atoms with van der Waals surface area (Å²) in [5.74, 6) is 0.845. The molecular weight excluding hydrogens is 628 g/mol. The van der Waals surface area contributed by atoms with Crippen LogP contribution in [0.1, 0.15) is 124 Å². The Morgan fingerprint density at radius 3 is 1.80 bits per heavy atom. The lowest BCUT2D eigenvalue weighted by molar-refractivity contribution is -0.154. The van der Waals surface area contributed by atoms with Gasteiger partial charge in [0.2, 0.25) is 0 Å². The molecule has 1 aliphatic heterocycles. The lowest BCUT2D eigenvalue weighted by Crippen LogP contribution is -2.50. The molecule has 2 heterocycles. The van der Waals surface area contributed by atoms with Crippen LogP contribution in [0.25, 0.3) is 0 Å². The molecule has 2 fully saturated rings. The number of aryl methyl sites for hydroxylation is 1. The van der Waals surface area contributed by atoms with Gasteiger partial charge in [-0.05, 0) is 151 Å². The Hall–Kier alpha value is -3.09. The molecule has 1 aromatic rings. The van der Waals surface area contributed by atoms with Crippen molar-refractivity contribution in [2.24, 2.45) is 45.3 Å². The van der Waals surface area contributed by atoms with Gasteiger partial charge in [0, 0.05) is 5.57 Å². The molecule has 8 unspecified atom stereocenters. The third kappa shape index (κ3) is 6.91. The molecule has 50 heavy (non-hydrogen) atoms.